The molecule has 4 aliphatic carbocycles. The van der Waals surface area contributed by atoms with E-state index in [1.807, 2.05) is 0 Å². The number of rotatable bonds is 6. The van der Waals surface area contributed by atoms with Crippen LogP contribution in [0.3, 0.4) is 0 Å². The number of fused-ring (bicyclic) bond motifs is 5. The average Bonchev–Trinajstić information content (AvgIpc) is 2.92. The van der Waals surface area contributed by atoms with Crippen LogP contribution in [-0.2, 0) is 4.74 Å². The van der Waals surface area contributed by atoms with Crippen LogP contribution in [0, 0.1) is 40.4 Å². The maximum Gasteiger partial charge on any atom is 0.0624 e. The van der Waals surface area contributed by atoms with Crippen LogP contribution in [0.2, 0.25) is 0 Å². The molecule has 3 heteroatoms. The van der Waals surface area contributed by atoms with Crippen LogP contribution in [0.4, 0.5) is 0 Å². The monoisotopic (exact) mass is 419 g/mol. The normalized spacial score (nSPS) is 48.7. The fourth-order valence-electron chi connectivity index (χ4n) is 8.81. The molecule has 0 aromatic carbocycles. The lowest BCUT2D eigenvalue weighted by Gasteiger charge is -2.63. The van der Waals surface area contributed by atoms with Crippen molar-refractivity contribution in [2.75, 3.05) is 0 Å². The molecule has 1 N–H and O–H groups in total. The molecule has 0 bridgehead atoms. The van der Waals surface area contributed by atoms with Gasteiger partial charge in [-0.1, -0.05) is 66.7 Å². The SMILES string of the molecule is CCCCCC1CC2C3C(CC[C@]2(C)C1O)[C@@]1(C)CCCCC1C[C@@H]3OC(C)(C)[O-]. The van der Waals surface area contributed by atoms with Crippen molar-refractivity contribution in [2.24, 2.45) is 40.4 Å². The summed E-state index contributed by atoms with van der Waals surface area (Å²) in [5.74, 6) is 1.41. The summed E-state index contributed by atoms with van der Waals surface area (Å²) in [6.07, 6.45) is 14.7. The van der Waals surface area contributed by atoms with E-state index in [0.717, 1.165) is 25.7 Å². The predicted molar refractivity (Wildman–Crippen MR) is 120 cm³/mol. The molecule has 0 spiro atoms. The molecule has 30 heavy (non-hydrogen) atoms. The standard InChI is InChI=1S/C27H47O3/c1-6-7-8-11-18-16-21-23-20(13-15-27(21,5)24(18)28)26(4)14-10-9-12-19(26)17-22(23)30-25(2,3)29/h18-24,28H,6-17H2,1-5H3/q-1/t18?,19?,20?,21?,22-,23?,24?,26-,27-/m0/s1. The molecule has 0 radical (unpaired) electrons. The smallest absolute Gasteiger partial charge is 0.0624 e. The summed E-state index contributed by atoms with van der Waals surface area (Å²) in [6, 6.07) is 0. The van der Waals surface area contributed by atoms with Gasteiger partial charge in [-0.2, -0.15) is 0 Å². The van der Waals surface area contributed by atoms with Crippen molar-refractivity contribution in [2.45, 2.75) is 130 Å². The number of aliphatic hydroxyl groups excluding tert-OH is 1. The highest BCUT2D eigenvalue weighted by Crippen LogP contribution is 2.67. The van der Waals surface area contributed by atoms with E-state index in [0.29, 0.717) is 35.0 Å². The van der Waals surface area contributed by atoms with Gasteiger partial charge in [0.25, 0.3) is 0 Å². The first-order chi connectivity index (χ1) is 14.1. The fourth-order valence-corrected chi connectivity index (χ4v) is 8.81. The second-order valence-corrected chi connectivity index (χ2v) is 12.5. The Morgan fingerprint density at radius 3 is 2.47 bits per heavy atom. The van der Waals surface area contributed by atoms with Crippen molar-refractivity contribution in [1.82, 2.24) is 0 Å². The van der Waals surface area contributed by atoms with Crippen molar-refractivity contribution in [3.05, 3.63) is 0 Å². The van der Waals surface area contributed by atoms with Crippen molar-refractivity contribution >= 4 is 0 Å². The van der Waals surface area contributed by atoms with Gasteiger partial charge < -0.3 is 14.9 Å². The predicted octanol–water partition coefficient (Wildman–Crippen LogP) is 5.68. The first kappa shape index (κ1) is 23.1. The lowest BCUT2D eigenvalue weighted by Crippen LogP contribution is -2.60. The van der Waals surface area contributed by atoms with Crippen LogP contribution < -0.4 is 5.11 Å². The van der Waals surface area contributed by atoms with Gasteiger partial charge in [0, 0.05) is 0 Å². The Morgan fingerprint density at radius 2 is 1.77 bits per heavy atom. The number of ether oxygens (including phenoxy) is 1. The Morgan fingerprint density at radius 1 is 1.00 bits per heavy atom. The minimum absolute atomic E-state index is 0.00451. The quantitative estimate of drug-likeness (QED) is 0.445. The second kappa shape index (κ2) is 8.34. The Bertz CT molecular complexity index is 597. The minimum atomic E-state index is -1.33. The minimum Gasteiger partial charge on any atom is -0.829 e. The first-order valence-corrected chi connectivity index (χ1v) is 13.2. The van der Waals surface area contributed by atoms with Gasteiger partial charge in [-0.3, -0.25) is 0 Å². The molecule has 4 saturated carbocycles. The molecule has 4 aliphatic rings. The van der Waals surface area contributed by atoms with E-state index in [1.165, 1.54) is 51.4 Å². The Balaban J connectivity index is 1.64. The number of hydrogen-bond donors (Lipinski definition) is 1. The third-order valence-electron chi connectivity index (χ3n) is 10.3. The summed E-state index contributed by atoms with van der Waals surface area (Å²) >= 11 is 0. The molecule has 174 valence electrons. The topological polar surface area (TPSA) is 52.5 Å². The van der Waals surface area contributed by atoms with Crippen LogP contribution >= 0.6 is 0 Å². The van der Waals surface area contributed by atoms with Gasteiger partial charge in [0.1, 0.15) is 0 Å². The zero-order chi connectivity index (χ0) is 21.7. The van der Waals surface area contributed by atoms with E-state index in [2.05, 4.69) is 20.8 Å². The highest BCUT2D eigenvalue weighted by atomic mass is 16.6. The summed E-state index contributed by atoms with van der Waals surface area (Å²) in [4.78, 5) is 0. The summed E-state index contributed by atoms with van der Waals surface area (Å²) in [7, 11) is 0. The average molecular weight is 420 g/mol. The molecular formula is C27H47O3-. The summed E-state index contributed by atoms with van der Waals surface area (Å²) in [5.41, 5.74) is 0.410. The van der Waals surface area contributed by atoms with Crippen LogP contribution in [0.1, 0.15) is 112 Å². The Hall–Kier alpha value is -0.120. The number of hydrogen-bond acceptors (Lipinski definition) is 3. The van der Waals surface area contributed by atoms with Crippen molar-refractivity contribution < 1.29 is 14.9 Å². The summed E-state index contributed by atoms with van der Waals surface area (Å²) in [5, 5.41) is 24.1. The van der Waals surface area contributed by atoms with E-state index in [-0.39, 0.29) is 17.6 Å². The molecule has 4 fully saturated rings. The summed E-state index contributed by atoms with van der Waals surface area (Å²) < 4.78 is 6.33. The number of unbranched alkanes of at least 4 members (excludes halogenated alkanes) is 2. The zero-order valence-electron chi connectivity index (χ0n) is 20.3. The summed E-state index contributed by atoms with van der Waals surface area (Å²) in [6.45, 7) is 10.6. The second-order valence-electron chi connectivity index (χ2n) is 12.5. The maximum atomic E-state index is 12.7. The van der Waals surface area contributed by atoms with Gasteiger partial charge in [0.05, 0.1) is 12.2 Å². The van der Waals surface area contributed by atoms with Crippen LogP contribution in [0.15, 0.2) is 0 Å². The third-order valence-corrected chi connectivity index (χ3v) is 10.3. The van der Waals surface area contributed by atoms with E-state index in [1.54, 1.807) is 13.8 Å². The lowest BCUT2D eigenvalue weighted by atomic mass is 9.44. The molecule has 3 nitrogen and oxygen atoms in total. The lowest BCUT2D eigenvalue weighted by molar-refractivity contribution is -0.552. The van der Waals surface area contributed by atoms with E-state index in [9.17, 15) is 10.2 Å². The van der Waals surface area contributed by atoms with Gasteiger partial charge in [0.15, 0.2) is 0 Å². The van der Waals surface area contributed by atoms with Gasteiger partial charge in [-0.05, 0) is 91.2 Å². The van der Waals surface area contributed by atoms with Crippen LogP contribution in [0.25, 0.3) is 0 Å². The molecule has 0 heterocycles. The van der Waals surface area contributed by atoms with Crippen LogP contribution in [0.5, 0.6) is 0 Å². The van der Waals surface area contributed by atoms with Gasteiger partial charge in [-0.25, -0.2) is 0 Å². The van der Waals surface area contributed by atoms with Crippen molar-refractivity contribution in [1.29, 1.82) is 0 Å². The molecule has 0 aromatic heterocycles. The molecule has 0 saturated heterocycles. The Kier molecular flexibility index (Phi) is 6.41. The molecule has 6 unspecified atom stereocenters. The fraction of sp³-hybridized carbons (Fsp3) is 1.00. The molecule has 0 aliphatic heterocycles. The van der Waals surface area contributed by atoms with E-state index >= 15 is 0 Å². The highest BCUT2D eigenvalue weighted by molar-refractivity contribution is 5.13. The Labute approximate surface area is 185 Å². The molecule has 4 rings (SSSR count). The van der Waals surface area contributed by atoms with E-state index < -0.39 is 5.79 Å². The van der Waals surface area contributed by atoms with E-state index in [4.69, 9.17) is 4.74 Å². The third kappa shape index (κ3) is 3.90. The van der Waals surface area contributed by atoms with Crippen LogP contribution in [-0.4, -0.2) is 23.1 Å². The van der Waals surface area contributed by atoms with Gasteiger partial charge in [0.2, 0.25) is 0 Å². The molecular weight excluding hydrogens is 372 g/mol. The zero-order valence-corrected chi connectivity index (χ0v) is 20.3. The molecule has 0 amide bonds. The van der Waals surface area contributed by atoms with Gasteiger partial charge in [-0.15, -0.1) is 0 Å². The van der Waals surface area contributed by atoms with Crippen molar-refractivity contribution in [3.8, 4) is 0 Å². The largest absolute Gasteiger partial charge is 0.829 e. The number of aliphatic hydroxyl groups is 1. The van der Waals surface area contributed by atoms with Crippen molar-refractivity contribution in [3.63, 3.8) is 0 Å². The highest BCUT2D eigenvalue weighted by Gasteiger charge is 2.64. The molecule has 9 atom stereocenters. The maximum absolute atomic E-state index is 12.7. The first-order valence-electron chi connectivity index (χ1n) is 13.2. The van der Waals surface area contributed by atoms with Gasteiger partial charge >= 0.3 is 0 Å². The molecule has 0 aromatic rings.